The second-order valence-electron chi connectivity index (χ2n) is 6.77. The molecule has 0 aliphatic heterocycles. The van der Waals surface area contributed by atoms with Crippen LogP contribution in [0.15, 0.2) is 59.5 Å². The lowest BCUT2D eigenvalue weighted by Gasteiger charge is -2.10. The van der Waals surface area contributed by atoms with E-state index in [4.69, 9.17) is 11.6 Å². The Labute approximate surface area is 188 Å². The number of anilines is 2. The topological polar surface area (TPSA) is 101 Å². The molecule has 2 N–H and O–H groups in total. The Balaban J connectivity index is 1.52. The van der Waals surface area contributed by atoms with Gasteiger partial charge in [-0.2, -0.15) is 0 Å². The average molecular weight is 473 g/mol. The number of carbonyl (C=O) groups is 1. The minimum absolute atomic E-state index is 0.0410. The lowest BCUT2D eigenvalue weighted by Crippen LogP contribution is -2.15. The molecule has 0 fully saturated rings. The SMILES string of the molecule is Cc1cc(NS(=O)(=O)c2ccc(NC(=O)c3sc4ccccc4c3Cl)cc2)nc(C)n1. The molecule has 2 heterocycles. The van der Waals surface area contributed by atoms with Crippen LogP contribution in [0.4, 0.5) is 11.5 Å². The highest BCUT2D eigenvalue weighted by Crippen LogP contribution is 2.35. The van der Waals surface area contributed by atoms with Crippen LogP contribution in [-0.2, 0) is 10.0 Å². The monoisotopic (exact) mass is 472 g/mol. The van der Waals surface area contributed by atoms with Gasteiger partial charge in [0.05, 0.1) is 9.92 Å². The zero-order valence-electron chi connectivity index (χ0n) is 16.5. The first kappa shape index (κ1) is 21.2. The molecule has 0 spiro atoms. The molecule has 0 saturated heterocycles. The van der Waals surface area contributed by atoms with Crippen molar-refractivity contribution in [2.75, 3.05) is 10.0 Å². The molecule has 0 unspecified atom stereocenters. The molecule has 0 radical (unpaired) electrons. The molecule has 2 aromatic heterocycles. The van der Waals surface area contributed by atoms with Gasteiger partial charge in [0.1, 0.15) is 16.5 Å². The summed E-state index contributed by atoms with van der Waals surface area (Å²) in [7, 11) is -3.84. The number of aryl methyl sites for hydroxylation is 2. The molecule has 7 nitrogen and oxygen atoms in total. The third kappa shape index (κ3) is 4.53. The van der Waals surface area contributed by atoms with E-state index in [0.29, 0.717) is 27.1 Å². The number of rotatable bonds is 5. The molecule has 4 aromatic rings. The predicted molar refractivity (Wildman–Crippen MR) is 124 cm³/mol. The molecule has 31 heavy (non-hydrogen) atoms. The number of aromatic nitrogens is 2. The highest BCUT2D eigenvalue weighted by atomic mass is 35.5. The van der Waals surface area contributed by atoms with Crippen LogP contribution in [0, 0.1) is 13.8 Å². The number of thiophene rings is 1. The van der Waals surface area contributed by atoms with Gasteiger partial charge in [-0.3, -0.25) is 9.52 Å². The van der Waals surface area contributed by atoms with Crippen LogP contribution in [0.5, 0.6) is 0 Å². The molecule has 2 aromatic carbocycles. The summed E-state index contributed by atoms with van der Waals surface area (Å²) < 4.78 is 28.7. The van der Waals surface area contributed by atoms with Gasteiger partial charge in [-0.15, -0.1) is 11.3 Å². The fourth-order valence-corrected chi connectivity index (χ4v) is 5.44. The smallest absolute Gasteiger partial charge is 0.267 e. The molecule has 4 rings (SSSR count). The third-order valence-corrected chi connectivity index (χ3v) is 7.41. The molecule has 158 valence electrons. The number of amides is 1. The fourth-order valence-electron chi connectivity index (χ4n) is 3.03. The van der Waals surface area contributed by atoms with Crippen LogP contribution in [0.2, 0.25) is 5.02 Å². The second kappa shape index (κ2) is 8.26. The first-order valence-corrected chi connectivity index (χ1v) is 11.8. The van der Waals surface area contributed by atoms with Crippen molar-refractivity contribution in [3.63, 3.8) is 0 Å². The van der Waals surface area contributed by atoms with Gasteiger partial charge in [0, 0.05) is 27.5 Å². The maximum absolute atomic E-state index is 12.7. The van der Waals surface area contributed by atoms with Gasteiger partial charge in [0.2, 0.25) is 0 Å². The van der Waals surface area contributed by atoms with Gasteiger partial charge in [-0.05, 0) is 44.2 Å². The minimum atomic E-state index is -3.84. The molecular formula is C21H17ClN4O3S2. The number of fused-ring (bicyclic) bond motifs is 1. The van der Waals surface area contributed by atoms with Gasteiger partial charge < -0.3 is 5.32 Å². The molecular weight excluding hydrogens is 456 g/mol. The van der Waals surface area contributed by atoms with Crippen molar-refractivity contribution in [1.29, 1.82) is 0 Å². The molecule has 0 atom stereocenters. The van der Waals surface area contributed by atoms with Gasteiger partial charge in [0.25, 0.3) is 15.9 Å². The standard InChI is InChI=1S/C21H17ClN4O3S2/c1-12-11-18(24-13(2)23-12)26-31(28,29)15-9-7-14(8-10-15)25-21(27)20-19(22)16-5-3-4-6-17(16)30-20/h3-11H,1-2H3,(H,25,27)(H,23,24,26). The summed E-state index contributed by atoms with van der Waals surface area (Å²) in [6.07, 6.45) is 0. The predicted octanol–water partition coefficient (Wildman–Crippen LogP) is 5.01. The van der Waals surface area contributed by atoms with Gasteiger partial charge >= 0.3 is 0 Å². The summed E-state index contributed by atoms with van der Waals surface area (Å²) >= 11 is 7.65. The normalized spacial score (nSPS) is 11.5. The van der Waals surface area contributed by atoms with Crippen LogP contribution < -0.4 is 10.0 Å². The molecule has 0 aliphatic carbocycles. The lowest BCUT2D eigenvalue weighted by atomic mass is 10.2. The highest BCUT2D eigenvalue weighted by Gasteiger charge is 2.18. The van der Waals surface area contributed by atoms with Crippen LogP contribution in [0.25, 0.3) is 10.1 Å². The van der Waals surface area contributed by atoms with E-state index in [1.807, 2.05) is 24.3 Å². The Morgan fingerprint density at radius 3 is 2.42 bits per heavy atom. The molecule has 1 amide bonds. The number of carbonyl (C=O) groups excluding carboxylic acids is 1. The number of benzene rings is 2. The average Bonchev–Trinajstić information content (AvgIpc) is 3.04. The van der Waals surface area contributed by atoms with Gasteiger partial charge in [-0.1, -0.05) is 29.8 Å². The fraction of sp³-hybridized carbons (Fsp3) is 0.0952. The van der Waals surface area contributed by atoms with Crippen molar-refractivity contribution < 1.29 is 13.2 Å². The number of hydrogen-bond acceptors (Lipinski definition) is 6. The molecule has 0 bridgehead atoms. The van der Waals surface area contributed by atoms with E-state index in [9.17, 15) is 13.2 Å². The summed E-state index contributed by atoms with van der Waals surface area (Å²) in [6, 6.07) is 14.9. The van der Waals surface area contributed by atoms with Crippen molar-refractivity contribution in [2.45, 2.75) is 18.7 Å². The number of hydrogen-bond donors (Lipinski definition) is 2. The van der Waals surface area contributed by atoms with E-state index in [1.54, 1.807) is 19.9 Å². The van der Waals surface area contributed by atoms with E-state index in [0.717, 1.165) is 10.1 Å². The zero-order valence-corrected chi connectivity index (χ0v) is 18.9. The minimum Gasteiger partial charge on any atom is -0.321 e. The largest absolute Gasteiger partial charge is 0.321 e. The van der Waals surface area contributed by atoms with Gasteiger partial charge in [0.15, 0.2) is 0 Å². The first-order valence-electron chi connectivity index (χ1n) is 9.16. The second-order valence-corrected chi connectivity index (χ2v) is 9.88. The van der Waals surface area contributed by atoms with Crippen molar-refractivity contribution >= 4 is 60.5 Å². The summed E-state index contributed by atoms with van der Waals surface area (Å²) in [5.74, 6) is 0.310. The molecule has 0 saturated carbocycles. The van der Waals surface area contributed by atoms with E-state index in [1.165, 1.54) is 35.6 Å². The van der Waals surface area contributed by atoms with Gasteiger partial charge in [-0.25, -0.2) is 18.4 Å². The van der Waals surface area contributed by atoms with Crippen LogP contribution in [0.1, 0.15) is 21.2 Å². The van der Waals surface area contributed by atoms with Crippen molar-refractivity contribution in [3.8, 4) is 0 Å². The Bertz CT molecular complexity index is 1380. The number of nitrogens with one attached hydrogen (secondary N) is 2. The summed E-state index contributed by atoms with van der Waals surface area (Å²) in [5, 5.41) is 3.98. The Morgan fingerprint density at radius 1 is 1.03 bits per heavy atom. The first-order chi connectivity index (χ1) is 14.7. The van der Waals surface area contributed by atoms with Crippen LogP contribution >= 0.6 is 22.9 Å². The number of halogens is 1. The summed E-state index contributed by atoms with van der Waals surface area (Å²) in [6.45, 7) is 3.44. The van der Waals surface area contributed by atoms with E-state index in [-0.39, 0.29) is 16.6 Å². The van der Waals surface area contributed by atoms with E-state index >= 15 is 0 Å². The maximum Gasteiger partial charge on any atom is 0.267 e. The van der Waals surface area contributed by atoms with Crippen LogP contribution in [0.3, 0.4) is 0 Å². The van der Waals surface area contributed by atoms with E-state index < -0.39 is 10.0 Å². The summed E-state index contributed by atoms with van der Waals surface area (Å²) in [4.78, 5) is 21.3. The third-order valence-electron chi connectivity index (χ3n) is 4.37. The lowest BCUT2D eigenvalue weighted by molar-refractivity contribution is 0.103. The highest BCUT2D eigenvalue weighted by molar-refractivity contribution is 7.92. The number of sulfonamides is 1. The Kier molecular flexibility index (Phi) is 5.65. The maximum atomic E-state index is 12.7. The van der Waals surface area contributed by atoms with Crippen molar-refractivity contribution in [1.82, 2.24) is 9.97 Å². The quantitative estimate of drug-likeness (QED) is 0.425. The van der Waals surface area contributed by atoms with Crippen molar-refractivity contribution in [3.05, 3.63) is 76.0 Å². The molecule has 0 aliphatic rings. The van der Waals surface area contributed by atoms with Crippen LogP contribution in [-0.4, -0.2) is 24.3 Å². The Hall–Kier alpha value is -3.01. The number of nitrogens with zero attached hydrogens (tertiary/aromatic N) is 2. The zero-order chi connectivity index (χ0) is 22.2. The van der Waals surface area contributed by atoms with Crippen molar-refractivity contribution in [2.24, 2.45) is 0 Å². The Morgan fingerprint density at radius 2 is 1.74 bits per heavy atom. The van der Waals surface area contributed by atoms with E-state index in [2.05, 4.69) is 20.0 Å². The summed E-state index contributed by atoms with van der Waals surface area (Å²) in [5.41, 5.74) is 1.11. The molecule has 10 heteroatoms.